The largest absolute Gasteiger partial charge is 0.494 e. The van der Waals surface area contributed by atoms with Crippen LogP contribution < -0.4 is 15.0 Å². The van der Waals surface area contributed by atoms with E-state index >= 15 is 0 Å². The predicted octanol–water partition coefficient (Wildman–Crippen LogP) is 3.52. The first-order chi connectivity index (χ1) is 12.6. The molecule has 0 radical (unpaired) electrons. The fourth-order valence-electron chi connectivity index (χ4n) is 2.96. The molecule has 1 saturated heterocycles. The lowest BCUT2D eigenvalue weighted by atomic mass is 10.1. The van der Waals surface area contributed by atoms with Crippen molar-refractivity contribution in [2.75, 3.05) is 18.1 Å². The lowest BCUT2D eigenvalue weighted by Crippen LogP contribution is -2.32. The van der Waals surface area contributed by atoms with Crippen molar-refractivity contribution >= 4 is 33.4 Å². The molecule has 1 fully saturated rings. The summed E-state index contributed by atoms with van der Waals surface area (Å²) in [6.07, 6.45) is 0.241. The summed E-state index contributed by atoms with van der Waals surface area (Å²) in [7, 11) is 0. The van der Waals surface area contributed by atoms with Crippen molar-refractivity contribution in [3.8, 4) is 5.75 Å². The Labute approximate surface area is 161 Å². The lowest BCUT2D eigenvalue weighted by Gasteiger charge is -2.17. The van der Waals surface area contributed by atoms with E-state index in [0.29, 0.717) is 19.7 Å². The minimum atomic E-state index is -0.325. The van der Waals surface area contributed by atoms with Gasteiger partial charge in [0.05, 0.1) is 12.5 Å². The van der Waals surface area contributed by atoms with Crippen LogP contribution in [0, 0.1) is 5.92 Å². The molecule has 2 aromatic rings. The first-order valence-electron chi connectivity index (χ1n) is 8.62. The first kappa shape index (κ1) is 18.5. The number of hydrogen-bond donors (Lipinski definition) is 1. The fourth-order valence-corrected chi connectivity index (χ4v) is 3.22. The predicted molar refractivity (Wildman–Crippen MR) is 104 cm³/mol. The molecule has 0 aliphatic carbocycles. The Hall–Kier alpha value is -2.34. The van der Waals surface area contributed by atoms with Gasteiger partial charge in [0.1, 0.15) is 5.75 Å². The van der Waals surface area contributed by atoms with Crippen LogP contribution in [0.15, 0.2) is 53.0 Å². The maximum absolute atomic E-state index is 12.4. The minimum Gasteiger partial charge on any atom is -0.494 e. The first-order valence-corrected chi connectivity index (χ1v) is 9.41. The maximum Gasteiger partial charge on any atom is 0.227 e. The van der Waals surface area contributed by atoms with Gasteiger partial charge >= 0.3 is 0 Å². The summed E-state index contributed by atoms with van der Waals surface area (Å²) in [6.45, 7) is 3.42. The van der Waals surface area contributed by atoms with E-state index < -0.39 is 0 Å². The van der Waals surface area contributed by atoms with Gasteiger partial charge in [0, 0.05) is 29.7 Å². The number of hydrogen-bond acceptors (Lipinski definition) is 3. The smallest absolute Gasteiger partial charge is 0.227 e. The number of carbonyl (C=O) groups excluding carboxylic acids is 2. The van der Waals surface area contributed by atoms with Crippen LogP contribution in [0.3, 0.4) is 0 Å². The molecule has 2 amide bonds. The average molecular weight is 417 g/mol. The van der Waals surface area contributed by atoms with E-state index in [0.717, 1.165) is 21.5 Å². The molecule has 26 heavy (non-hydrogen) atoms. The fraction of sp³-hybridized carbons (Fsp3) is 0.300. The third kappa shape index (κ3) is 4.43. The zero-order chi connectivity index (χ0) is 18.5. The molecular weight excluding hydrogens is 396 g/mol. The van der Waals surface area contributed by atoms with E-state index in [-0.39, 0.29) is 24.2 Å². The summed E-state index contributed by atoms with van der Waals surface area (Å²) < 4.78 is 6.36. The Morgan fingerprint density at radius 3 is 2.54 bits per heavy atom. The highest BCUT2D eigenvalue weighted by Crippen LogP contribution is 2.26. The molecule has 1 aliphatic heterocycles. The Balaban J connectivity index is 1.55. The van der Waals surface area contributed by atoms with Crippen molar-refractivity contribution in [1.82, 2.24) is 5.32 Å². The summed E-state index contributed by atoms with van der Waals surface area (Å²) in [6, 6.07) is 15.2. The second-order valence-electron chi connectivity index (χ2n) is 6.18. The summed E-state index contributed by atoms with van der Waals surface area (Å²) in [4.78, 5) is 26.4. The lowest BCUT2D eigenvalue weighted by molar-refractivity contribution is -0.126. The van der Waals surface area contributed by atoms with E-state index in [2.05, 4.69) is 21.2 Å². The van der Waals surface area contributed by atoms with Gasteiger partial charge in [-0.3, -0.25) is 9.59 Å². The van der Waals surface area contributed by atoms with Crippen molar-refractivity contribution in [2.45, 2.75) is 19.9 Å². The van der Waals surface area contributed by atoms with Gasteiger partial charge in [-0.2, -0.15) is 0 Å². The molecule has 3 rings (SSSR count). The van der Waals surface area contributed by atoms with Crippen molar-refractivity contribution in [3.05, 3.63) is 58.6 Å². The Morgan fingerprint density at radius 1 is 1.19 bits per heavy atom. The van der Waals surface area contributed by atoms with Crippen LogP contribution >= 0.6 is 15.9 Å². The molecule has 1 aliphatic rings. The molecule has 1 atom stereocenters. The van der Waals surface area contributed by atoms with Crippen molar-refractivity contribution in [2.24, 2.45) is 5.92 Å². The number of halogens is 1. The van der Waals surface area contributed by atoms with Crippen LogP contribution in [0.1, 0.15) is 18.9 Å². The number of benzene rings is 2. The molecule has 1 N–H and O–H groups in total. The van der Waals surface area contributed by atoms with Gasteiger partial charge < -0.3 is 15.0 Å². The Bertz CT molecular complexity index is 775. The average Bonchev–Trinajstić information content (AvgIpc) is 3.04. The van der Waals surface area contributed by atoms with Crippen LogP contribution in [0.2, 0.25) is 0 Å². The normalized spacial score (nSPS) is 16.6. The maximum atomic E-state index is 12.4. The minimum absolute atomic E-state index is 0.0199. The highest BCUT2D eigenvalue weighted by atomic mass is 79.9. The van der Waals surface area contributed by atoms with Gasteiger partial charge in [-0.1, -0.05) is 28.1 Å². The second kappa shape index (κ2) is 8.36. The molecule has 1 heterocycles. The zero-order valence-corrected chi connectivity index (χ0v) is 16.2. The third-order valence-corrected chi connectivity index (χ3v) is 4.86. The van der Waals surface area contributed by atoms with Crippen molar-refractivity contribution < 1.29 is 14.3 Å². The van der Waals surface area contributed by atoms with Gasteiger partial charge in [0.2, 0.25) is 11.8 Å². The molecule has 0 unspecified atom stereocenters. The topological polar surface area (TPSA) is 58.6 Å². The number of rotatable bonds is 6. The monoisotopic (exact) mass is 416 g/mol. The highest BCUT2D eigenvalue weighted by molar-refractivity contribution is 9.10. The Morgan fingerprint density at radius 2 is 1.88 bits per heavy atom. The molecule has 2 aromatic carbocycles. The van der Waals surface area contributed by atoms with Crippen molar-refractivity contribution in [3.63, 3.8) is 0 Å². The summed E-state index contributed by atoms with van der Waals surface area (Å²) in [5.74, 6) is 0.378. The number of nitrogens with one attached hydrogen (secondary N) is 1. The second-order valence-corrected chi connectivity index (χ2v) is 7.09. The number of anilines is 1. The van der Waals surface area contributed by atoms with Crippen LogP contribution in [0.25, 0.3) is 0 Å². The summed E-state index contributed by atoms with van der Waals surface area (Å²) in [5.41, 5.74) is 1.82. The van der Waals surface area contributed by atoms with Gasteiger partial charge in [-0.15, -0.1) is 0 Å². The van der Waals surface area contributed by atoms with Gasteiger partial charge in [0.25, 0.3) is 0 Å². The molecule has 6 heteroatoms. The van der Waals surface area contributed by atoms with E-state index in [1.165, 1.54) is 0 Å². The highest BCUT2D eigenvalue weighted by Gasteiger charge is 2.34. The van der Waals surface area contributed by atoms with Crippen LogP contribution in [-0.4, -0.2) is 25.0 Å². The SMILES string of the molecule is CCOc1ccc(CNC(=O)[C@H]2CC(=O)N(c3ccc(Br)cc3)C2)cc1. The van der Waals surface area contributed by atoms with Crippen molar-refractivity contribution in [1.29, 1.82) is 0 Å². The standard InChI is InChI=1S/C20H21BrN2O3/c1-2-26-18-9-3-14(4-10-18)12-22-20(25)15-11-19(24)23(13-15)17-7-5-16(21)6-8-17/h3-10,15H,2,11-13H2,1H3,(H,22,25)/t15-/m0/s1. The summed E-state index contributed by atoms with van der Waals surface area (Å²) >= 11 is 3.38. The number of ether oxygens (including phenoxy) is 1. The molecule has 5 nitrogen and oxygen atoms in total. The van der Waals surface area contributed by atoms with E-state index in [9.17, 15) is 9.59 Å². The molecule has 0 spiro atoms. The van der Waals surface area contributed by atoms with Gasteiger partial charge in [0.15, 0.2) is 0 Å². The number of nitrogens with zero attached hydrogens (tertiary/aromatic N) is 1. The number of amides is 2. The van der Waals surface area contributed by atoms with Crippen LogP contribution in [-0.2, 0) is 16.1 Å². The molecule has 136 valence electrons. The summed E-state index contributed by atoms with van der Waals surface area (Å²) in [5, 5.41) is 2.93. The Kier molecular flexibility index (Phi) is 5.93. The molecule has 0 bridgehead atoms. The zero-order valence-electron chi connectivity index (χ0n) is 14.6. The van der Waals surface area contributed by atoms with E-state index in [1.54, 1.807) is 4.90 Å². The number of carbonyl (C=O) groups is 2. The van der Waals surface area contributed by atoms with E-state index in [4.69, 9.17) is 4.74 Å². The molecule has 0 saturated carbocycles. The van der Waals surface area contributed by atoms with E-state index in [1.807, 2.05) is 55.5 Å². The molecular formula is C20H21BrN2O3. The van der Waals surface area contributed by atoms with Gasteiger partial charge in [-0.05, 0) is 48.9 Å². The third-order valence-electron chi connectivity index (χ3n) is 4.34. The molecule has 0 aromatic heterocycles. The van der Waals surface area contributed by atoms with Crippen LogP contribution in [0.5, 0.6) is 5.75 Å². The van der Waals surface area contributed by atoms with Crippen LogP contribution in [0.4, 0.5) is 5.69 Å². The van der Waals surface area contributed by atoms with Gasteiger partial charge in [-0.25, -0.2) is 0 Å². The quantitative estimate of drug-likeness (QED) is 0.783.